The molecule has 2 nitrogen and oxygen atoms in total. The van der Waals surface area contributed by atoms with Crippen molar-refractivity contribution in [3.8, 4) is 0 Å². The van der Waals surface area contributed by atoms with Gasteiger partial charge in [-0.2, -0.15) is 0 Å². The number of nitrogens with zero attached hydrogens (tertiary/aromatic N) is 1. The minimum atomic E-state index is 0.858. The van der Waals surface area contributed by atoms with Crippen LogP contribution in [0.2, 0.25) is 0 Å². The zero-order valence-corrected chi connectivity index (χ0v) is 10.1. The lowest BCUT2D eigenvalue weighted by Crippen LogP contribution is -2.25. The van der Waals surface area contributed by atoms with E-state index in [1.165, 1.54) is 24.1 Å². The van der Waals surface area contributed by atoms with Gasteiger partial charge in [-0.15, -0.1) is 0 Å². The van der Waals surface area contributed by atoms with Gasteiger partial charge < -0.3 is 9.64 Å². The van der Waals surface area contributed by atoms with E-state index < -0.39 is 0 Å². The van der Waals surface area contributed by atoms with Crippen molar-refractivity contribution in [3.05, 3.63) is 29.8 Å². The summed E-state index contributed by atoms with van der Waals surface area (Å²) < 4.78 is 5.47. The molecule has 1 saturated heterocycles. The predicted octanol–water partition coefficient (Wildman–Crippen LogP) is 2.87. The van der Waals surface area contributed by atoms with Crippen LogP contribution in [0.15, 0.2) is 24.3 Å². The van der Waals surface area contributed by atoms with Gasteiger partial charge in [0.05, 0.1) is 6.61 Å². The van der Waals surface area contributed by atoms with Gasteiger partial charge in [0.25, 0.3) is 0 Å². The quantitative estimate of drug-likeness (QED) is 0.775. The molecule has 16 heavy (non-hydrogen) atoms. The Balaban J connectivity index is 2.01. The molecule has 1 aromatic rings. The summed E-state index contributed by atoms with van der Waals surface area (Å²) in [5.74, 6) is 0. The van der Waals surface area contributed by atoms with Crippen LogP contribution in [0.25, 0.3) is 0 Å². The number of hydrogen-bond donors (Lipinski definition) is 0. The molecular weight excluding hydrogens is 198 g/mol. The van der Waals surface area contributed by atoms with E-state index in [0.29, 0.717) is 0 Å². The van der Waals surface area contributed by atoms with E-state index in [-0.39, 0.29) is 0 Å². The summed E-state index contributed by atoms with van der Waals surface area (Å²) in [6, 6.07) is 9.00. The van der Waals surface area contributed by atoms with Crippen LogP contribution in [0.3, 0.4) is 0 Å². The molecule has 0 atom stereocenters. The number of rotatable bonds is 3. The fraction of sp³-hybridized carbons (Fsp3) is 0.571. The first-order valence-corrected chi connectivity index (χ1v) is 6.32. The van der Waals surface area contributed by atoms with E-state index in [4.69, 9.17) is 4.74 Å². The number of aryl methyl sites for hydroxylation is 1. The second-order valence-electron chi connectivity index (χ2n) is 4.37. The summed E-state index contributed by atoms with van der Waals surface area (Å²) in [6.07, 6.45) is 3.54. The lowest BCUT2D eigenvalue weighted by Gasteiger charge is -2.22. The van der Waals surface area contributed by atoms with Gasteiger partial charge in [0.15, 0.2) is 0 Å². The molecule has 1 aliphatic rings. The molecule has 1 heterocycles. The van der Waals surface area contributed by atoms with Gasteiger partial charge in [0.2, 0.25) is 0 Å². The normalized spacial score (nSPS) is 17.2. The van der Waals surface area contributed by atoms with E-state index in [0.717, 1.165) is 32.7 Å². The van der Waals surface area contributed by atoms with Crippen molar-refractivity contribution < 1.29 is 4.74 Å². The molecule has 0 N–H and O–H groups in total. The molecule has 0 aliphatic carbocycles. The van der Waals surface area contributed by atoms with Gasteiger partial charge in [0, 0.05) is 25.4 Å². The topological polar surface area (TPSA) is 12.5 Å². The summed E-state index contributed by atoms with van der Waals surface area (Å²) in [7, 11) is 0. The SMILES string of the molecule is CCCc1ccc(N2CCCOCC2)cc1. The Morgan fingerprint density at radius 3 is 2.69 bits per heavy atom. The maximum atomic E-state index is 5.47. The van der Waals surface area contributed by atoms with Crippen molar-refractivity contribution in [3.63, 3.8) is 0 Å². The Bertz CT molecular complexity index is 299. The first kappa shape index (κ1) is 11.5. The lowest BCUT2D eigenvalue weighted by molar-refractivity contribution is 0.152. The third-order valence-corrected chi connectivity index (χ3v) is 3.06. The van der Waals surface area contributed by atoms with Crippen LogP contribution in [-0.2, 0) is 11.2 Å². The third kappa shape index (κ3) is 2.99. The van der Waals surface area contributed by atoms with Gasteiger partial charge in [-0.3, -0.25) is 0 Å². The summed E-state index contributed by atoms with van der Waals surface area (Å²) in [5, 5.41) is 0. The Morgan fingerprint density at radius 2 is 1.94 bits per heavy atom. The number of hydrogen-bond acceptors (Lipinski definition) is 2. The molecule has 88 valence electrons. The highest BCUT2D eigenvalue weighted by Crippen LogP contribution is 2.17. The van der Waals surface area contributed by atoms with Crippen LogP contribution < -0.4 is 4.90 Å². The second-order valence-corrected chi connectivity index (χ2v) is 4.37. The Morgan fingerprint density at radius 1 is 1.12 bits per heavy atom. The molecule has 1 fully saturated rings. The highest BCUT2D eigenvalue weighted by molar-refractivity contribution is 5.47. The zero-order valence-electron chi connectivity index (χ0n) is 10.1. The van der Waals surface area contributed by atoms with Crippen LogP contribution in [-0.4, -0.2) is 26.3 Å². The van der Waals surface area contributed by atoms with Gasteiger partial charge in [-0.1, -0.05) is 25.5 Å². The van der Waals surface area contributed by atoms with Gasteiger partial charge >= 0.3 is 0 Å². The third-order valence-electron chi connectivity index (χ3n) is 3.06. The first-order valence-electron chi connectivity index (χ1n) is 6.32. The highest BCUT2D eigenvalue weighted by atomic mass is 16.5. The minimum absolute atomic E-state index is 0.858. The van der Waals surface area contributed by atoms with E-state index in [9.17, 15) is 0 Å². The Labute approximate surface area is 98.2 Å². The maximum absolute atomic E-state index is 5.47. The molecule has 0 radical (unpaired) electrons. The molecule has 0 aromatic heterocycles. The standard InChI is InChI=1S/C14H21NO/c1-2-4-13-5-7-14(8-6-13)15-9-3-11-16-12-10-15/h5-8H,2-4,9-12H2,1H3. The van der Waals surface area contributed by atoms with Crippen LogP contribution >= 0.6 is 0 Å². The zero-order chi connectivity index (χ0) is 11.2. The molecule has 1 aromatic carbocycles. The summed E-state index contributed by atoms with van der Waals surface area (Å²) in [6.45, 7) is 6.13. The molecule has 0 saturated carbocycles. The van der Waals surface area contributed by atoms with E-state index in [1.54, 1.807) is 0 Å². The largest absolute Gasteiger partial charge is 0.380 e. The number of anilines is 1. The van der Waals surface area contributed by atoms with Crippen LogP contribution in [0.1, 0.15) is 25.3 Å². The van der Waals surface area contributed by atoms with Crippen LogP contribution in [0.5, 0.6) is 0 Å². The highest BCUT2D eigenvalue weighted by Gasteiger charge is 2.09. The summed E-state index contributed by atoms with van der Waals surface area (Å²) in [4.78, 5) is 2.42. The van der Waals surface area contributed by atoms with E-state index in [1.807, 2.05) is 0 Å². The van der Waals surface area contributed by atoms with Crippen molar-refractivity contribution in [2.75, 3.05) is 31.2 Å². The van der Waals surface area contributed by atoms with Crippen LogP contribution in [0.4, 0.5) is 5.69 Å². The first-order chi connectivity index (χ1) is 7.90. The smallest absolute Gasteiger partial charge is 0.0641 e. The molecule has 0 amide bonds. The van der Waals surface area contributed by atoms with E-state index in [2.05, 4.69) is 36.1 Å². The number of benzene rings is 1. The molecule has 2 rings (SSSR count). The fourth-order valence-electron chi connectivity index (χ4n) is 2.17. The Hall–Kier alpha value is -1.02. The molecule has 0 unspecified atom stereocenters. The summed E-state index contributed by atoms with van der Waals surface area (Å²) >= 11 is 0. The average molecular weight is 219 g/mol. The van der Waals surface area contributed by atoms with Gasteiger partial charge in [0.1, 0.15) is 0 Å². The molecule has 2 heteroatoms. The van der Waals surface area contributed by atoms with Gasteiger partial charge in [-0.25, -0.2) is 0 Å². The maximum Gasteiger partial charge on any atom is 0.0641 e. The summed E-state index contributed by atoms with van der Waals surface area (Å²) in [5.41, 5.74) is 2.78. The second kappa shape index (κ2) is 5.90. The molecular formula is C14H21NO. The fourth-order valence-corrected chi connectivity index (χ4v) is 2.17. The lowest BCUT2D eigenvalue weighted by atomic mass is 10.1. The van der Waals surface area contributed by atoms with Crippen molar-refractivity contribution in [1.82, 2.24) is 0 Å². The van der Waals surface area contributed by atoms with E-state index >= 15 is 0 Å². The Kier molecular flexibility index (Phi) is 4.23. The van der Waals surface area contributed by atoms with Crippen molar-refractivity contribution in [2.45, 2.75) is 26.2 Å². The van der Waals surface area contributed by atoms with Crippen molar-refractivity contribution >= 4 is 5.69 Å². The molecule has 0 bridgehead atoms. The minimum Gasteiger partial charge on any atom is -0.380 e. The average Bonchev–Trinajstić information content (AvgIpc) is 2.59. The molecule has 0 spiro atoms. The van der Waals surface area contributed by atoms with Crippen molar-refractivity contribution in [1.29, 1.82) is 0 Å². The molecule has 1 aliphatic heterocycles. The number of ether oxygens (including phenoxy) is 1. The predicted molar refractivity (Wildman–Crippen MR) is 68.1 cm³/mol. The van der Waals surface area contributed by atoms with Crippen LogP contribution in [0, 0.1) is 0 Å². The van der Waals surface area contributed by atoms with Crippen molar-refractivity contribution in [2.24, 2.45) is 0 Å². The van der Waals surface area contributed by atoms with Gasteiger partial charge in [-0.05, 0) is 30.5 Å². The monoisotopic (exact) mass is 219 g/mol.